The molecule has 0 saturated carbocycles. The Morgan fingerprint density at radius 2 is 2.00 bits per heavy atom. The summed E-state index contributed by atoms with van der Waals surface area (Å²) in [4.78, 5) is 6.09. The highest BCUT2D eigenvalue weighted by atomic mass is 32.1. The zero-order chi connectivity index (χ0) is 13.7. The van der Waals surface area contributed by atoms with Gasteiger partial charge in [-0.15, -0.1) is 11.3 Å². The van der Waals surface area contributed by atoms with Crippen LogP contribution in [-0.4, -0.2) is 9.38 Å². The van der Waals surface area contributed by atoms with Gasteiger partial charge in [-0.25, -0.2) is 4.98 Å². The van der Waals surface area contributed by atoms with Gasteiger partial charge >= 0.3 is 0 Å². The van der Waals surface area contributed by atoms with Crippen LogP contribution in [0.25, 0.3) is 27.0 Å². The summed E-state index contributed by atoms with van der Waals surface area (Å²) >= 11 is 1.84. The van der Waals surface area contributed by atoms with Gasteiger partial charge in [0.2, 0.25) is 0 Å². The lowest BCUT2D eigenvalue weighted by Crippen LogP contribution is -1.79. The Kier molecular flexibility index (Phi) is 2.44. The van der Waals surface area contributed by atoms with Gasteiger partial charge in [0.25, 0.3) is 0 Å². The van der Waals surface area contributed by atoms with Crippen LogP contribution in [0.4, 0.5) is 0 Å². The third-order valence-corrected chi connectivity index (χ3v) is 4.73. The molecule has 0 bridgehead atoms. The Hall–Kier alpha value is -2.13. The Morgan fingerprint density at radius 1 is 1.10 bits per heavy atom. The molecule has 0 aliphatic heterocycles. The van der Waals surface area contributed by atoms with E-state index in [2.05, 4.69) is 42.6 Å². The van der Waals surface area contributed by atoms with Crippen molar-refractivity contribution in [3.05, 3.63) is 59.2 Å². The van der Waals surface area contributed by atoms with Crippen molar-refractivity contribution in [1.29, 1.82) is 0 Å². The van der Waals surface area contributed by atoms with Crippen LogP contribution in [0.2, 0.25) is 0 Å². The maximum atomic E-state index is 4.77. The van der Waals surface area contributed by atoms with E-state index in [1.54, 1.807) is 0 Å². The Bertz CT molecular complexity index is 898. The molecule has 3 aromatic heterocycles. The minimum Gasteiger partial charge on any atom is -0.306 e. The van der Waals surface area contributed by atoms with Crippen molar-refractivity contribution in [3.63, 3.8) is 0 Å². The first-order valence-electron chi connectivity index (χ1n) is 6.66. The van der Waals surface area contributed by atoms with Gasteiger partial charge in [0.1, 0.15) is 5.65 Å². The van der Waals surface area contributed by atoms with Gasteiger partial charge in [-0.1, -0.05) is 17.7 Å². The second-order valence-electron chi connectivity index (χ2n) is 5.13. The number of nitrogens with zero attached hydrogens (tertiary/aromatic N) is 2. The van der Waals surface area contributed by atoms with E-state index in [0.29, 0.717) is 0 Å². The zero-order valence-corrected chi connectivity index (χ0v) is 12.2. The van der Waals surface area contributed by atoms with Crippen LogP contribution in [0.1, 0.15) is 10.4 Å². The summed E-state index contributed by atoms with van der Waals surface area (Å²) in [6.45, 7) is 4.32. The molecule has 3 heteroatoms. The summed E-state index contributed by atoms with van der Waals surface area (Å²) < 4.78 is 3.41. The molecule has 0 radical (unpaired) electrons. The van der Waals surface area contributed by atoms with E-state index in [1.165, 1.54) is 26.1 Å². The minimum atomic E-state index is 0.994. The highest BCUT2D eigenvalue weighted by Gasteiger charge is 2.14. The van der Waals surface area contributed by atoms with Crippen molar-refractivity contribution >= 4 is 27.1 Å². The van der Waals surface area contributed by atoms with E-state index in [0.717, 1.165) is 11.3 Å². The summed E-state index contributed by atoms with van der Waals surface area (Å²) in [7, 11) is 0. The van der Waals surface area contributed by atoms with Crippen molar-refractivity contribution in [1.82, 2.24) is 9.38 Å². The van der Waals surface area contributed by atoms with Gasteiger partial charge in [-0.3, -0.25) is 0 Å². The first-order chi connectivity index (χ1) is 9.72. The summed E-state index contributed by atoms with van der Waals surface area (Å²) in [5, 5.41) is 1.32. The smallest absolute Gasteiger partial charge is 0.137 e. The molecule has 0 aliphatic carbocycles. The highest BCUT2D eigenvalue weighted by molar-refractivity contribution is 7.19. The lowest BCUT2D eigenvalue weighted by Gasteiger charge is -1.98. The molecule has 0 atom stereocenters. The number of hydrogen-bond acceptors (Lipinski definition) is 2. The molecular formula is C17H14N2S. The third kappa shape index (κ3) is 1.67. The van der Waals surface area contributed by atoms with Gasteiger partial charge in [0.15, 0.2) is 0 Å². The molecule has 20 heavy (non-hydrogen) atoms. The zero-order valence-electron chi connectivity index (χ0n) is 11.4. The number of benzene rings is 1. The summed E-state index contributed by atoms with van der Waals surface area (Å²) in [6.07, 6.45) is 4.16. The van der Waals surface area contributed by atoms with Crippen LogP contribution < -0.4 is 0 Å². The fourth-order valence-electron chi connectivity index (χ4n) is 2.71. The molecule has 0 spiro atoms. The average Bonchev–Trinajstić information content (AvgIpc) is 2.97. The number of imidazole rings is 1. The van der Waals surface area contributed by atoms with Crippen molar-refractivity contribution in [3.8, 4) is 11.3 Å². The molecule has 0 saturated heterocycles. The largest absolute Gasteiger partial charge is 0.306 e. The van der Waals surface area contributed by atoms with Gasteiger partial charge in [0.05, 0.1) is 5.69 Å². The highest BCUT2D eigenvalue weighted by Crippen LogP contribution is 2.38. The Morgan fingerprint density at radius 3 is 2.85 bits per heavy atom. The number of fused-ring (bicyclic) bond motifs is 2. The van der Waals surface area contributed by atoms with E-state index >= 15 is 0 Å². The van der Waals surface area contributed by atoms with Gasteiger partial charge in [-0.05, 0) is 38.1 Å². The fraction of sp³-hybridized carbons (Fsp3) is 0.118. The molecule has 0 amide bonds. The number of aromatic nitrogens is 2. The maximum absolute atomic E-state index is 4.77. The van der Waals surface area contributed by atoms with Crippen molar-refractivity contribution in [2.45, 2.75) is 13.8 Å². The van der Waals surface area contributed by atoms with E-state index < -0.39 is 0 Å². The van der Waals surface area contributed by atoms with Crippen LogP contribution in [-0.2, 0) is 0 Å². The number of pyridine rings is 1. The fourth-order valence-corrected chi connectivity index (χ4v) is 3.76. The monoisotopic (exact) mass is 278 g/mol. The SMILES string of the molecule is Cc1ccc2sc(C)c(-c3cn4ccccc4n3)c2c1. The van der Waals surface area contributed by atoms with E-state index in [1.807, 2.05) is 35.7 Å². The van der Waals surface area contributed by atoms with Crippen molar-refractivity contribution < 1.29 is 0 Å². The normalized spacial score (nSPS) is 11.5. The first-order valence-corrected chi connectivity index (χ1v) is 7.48. The third-order valence-electron chi connectivity index (χ3n) is 3.64. The number of rotatable bonds is 1. The predicted molar refractivity (Wildman–Crippen MR) is 85.5 cm³/mol. The van der Waals surface area contributed by atoms with Gasteiger partial charge in [0, 0.05) is 32.9 Å². The van der Waals surface area contributed by atoms with Crippen molar-refractivity contribution in [2.24, 2.45) is 0 Å². The van der Waals surface area contributed by atoms with Crippen LogP contribution >= 0.6 is 11.3 Å². The summed E-state index contributed by atoms with van der Waals surface area (Å²) in [6, 6.07) is 12.7. The molecule has 1 aromatic carbocycles. The Labute approximate surface area is 121 Å². The lowest BCUT2D eigenvalue weighted by molar-refractivity contribution is 1.19. The van der Waals surface area contributed by atoms with Crippen LogP contribution in [0, 0.1) is 13.8 Å². The first kappa shape index (κ1) is 11.7. The maximum Gasteiger partial charge on any atom is 0.137 e. The number of thiophene rings is 1. The van der Waals surface area contributed by atoms with Crippen LogP contribution in [0.3, 0.4) is 0 Å². The molecule has 4 aromatic rings. The second-order valence-corrected chi connectivity index (χ2v) is 6.38. The van der Waals surface area contributed by atoms with E-state index in [4.69, 9.17) is 4.98 Å². The molecule has 3 heterocycles. The number of hydrogen-bond donors (Lipinski definition) is 0. The molecule has 0 N–H and O–H groups in total. The summed E-state index contributed by atoms with van der Waals surface area (Å²) in [5.41, 5.74) is 4.62. The minimum absolute atomic E-state index is 0.994. The van der Waals surface area contributed by atoms with Gasteiger partial charge in [-0.2, -0.15) is 0 Å². The summed E-state index contributed by atoms with van der Waals surface area (Å²) in [5.74, 6) is 0. The van der Waals surface area contributed by atoms with E-state index in [9.17, 15) is 0 Å². The second kappa shape index (κ2) is 4.18. The average molecular weight is 278 g/mol. The number of aryl methyl sites for hydroxylation is 2. The molecular weight excluding hydrogens is 264 g/mol. The molecule has 98 valence electrons. The molecule has 0 fully saturated rings. The standard InChI is InChI=1S/C17H14N2S/c1-11-6-7-15-13(9-11)17(12(2)20-15)14-10-19-8-4-3-5-16(19)18-14/h3-10H,1-2H3. The molecule has 4 rings (SSSR count). The van der Waals surface area contributed by atoms with Crippen LogP contribution in [0.15, 0.2) is 48.8 Å². The van der Waals surface area contributed by atoms with Crippen molar-refractivity contribution in [2.75, 3.05) is 0 Å². The Balaban J connectivity index is 2.05. The molecule has 0 aliphatic rings. The molecule has 2 nitrogen and oxygen atoms in total. The van der Waals surface area contributed by atoms with Crippen LogP contribution in [0.5, 0.6) is 0 Å². The molecule has 0 unspecified atom stereocenters. The van der Waals surface area contributed by atoms with E-state index in [-0.39, 0.29) is 0 Å². The lowest BCUT2D eigenvalue weighted by atomic mass is 10.1. The quantitative estimate of drug-likeness (QED) is 0.487. The topological polar surface area (TPSA) is 17.3 Å². The predicted octanol–water partition coefficient (Wildman–Crippen LogP) is 4.83. The van der Waals surface area contributed by atoms with Gasteiger partial charge < -0.3 is 4.40 Å².